The maximum absolute atomic E-state index is 3.70. The number of hydrogen-bond donors (Lipinski definition) is 1. The van der Waals surface area contributed by atoms with Crippen LogP contribution in [0.4, 0.5) is 0 Å². The molecule has 2 rings (SSSR count). The smallest absolute Gasteiger partial charge is 0.0701 e. The van der Waals surface area contributed by atoms with Crippen molar-refractivity contribution >= 4 is 27.3 Å². The zero-order valence-electron chi connectivity index (χ0n) is 10.1. The Labute approximate surface area is 111 Å². The van der Waals surface area contributed by atoms with Crippen LogP contribution < -0.4 is 5.32 Å². The van der Waals surface area contributed by atoms with Crippen molar-refractivity contribution in [2.75, 3.05) is 0 Å². The normalized spacial score (nSPS) is 24.6. The van der Waals surface area contributed by atoms with E-state index < -0.39 is 0 Å². The van der Waals surface area contributed by atoms with Crippen molar-refractivity contribution in [2.24, 2.45) is 5.41 Å². The summed E-state index contributed by atoms with van der Waals surface area (Å²) in [5, 5.41) is 3.70. The Kier molecular flexibility index (Phi) is 4.09. The maximum Gasteiger partial charge on any atom is 0.0701 e. The van der Waals surface area contributed by atoms with Crippen LogP contribution in [0.3, 0.4) is 0 Å². The molecular formula is C13H20BrNS. The molecule has 1 aliphatic carbocycles. The van der Waals surface area contributed by atoms with Gasteiger partial charge in [-0.3, -0.25) is 0 Å². The van der Waals surface area contributed by atoms with E-state index in [1.165, 1.54) is 34.3 Å². The molecule has 0 amide bonds. The molecule has 0 radical (unpaired) electrons. The third-order valence-corrected chi connectivity index (χ3v) is 5.02. The van der Waals surface area contributed by atoms with Crippen molar-refractivity contribution < 1.29 is 0 Å². The molecule has 1 heterocycles. The number of halogens is 1. The van der Waals surface area contributed by atoms with E-state index in [2.05, 4.69) is 47.2 Å². The van der Waals surface area contributed by atoms with Gasteiger partial charge in [-0.1, -0.05) is 20.3 Å². The number of hydrogen-bond acceptors (Lipinski definition) is 2. The Hall–Kier alpha value is 0.140. The van der Waals surface area contributed by atoms with Crippen LogP contribution in [0.15, 0.2) is 15.9 Å². The molecule has 1 aromatic heterocycles. The molecule has 1 aromatic rings. The fourth-order valence-electron chi connectivity index (χ4n) is 2.56. The molecule has 0 aliphatic heterocycles. The molecule has 0 spiro atoms. The average molecular weight is 302 g/mol. The summed E-state index contributed by atoms with van der Waals surface area (Å²) in [7, 11) is 0. The summed E-state index contributed by atoms with van der Waals surface area (Å²) in [6.07, 6.45) is 5.42. The Morgan fingerprint density at radius 3 is 2.94 bits per heavy atom. The van der Waals surface area contributed by atoms with Crippen molar-refractivity contribution in [1.29, 1.82) is 0 Å². The third-order valence-electron chi connectivity index (χ3n) is 3.40. The van der Waals surface area contributed by atoms with Gasteiger partial charge in [-0.25, -0.2) is 0 Å². The lowest BCUT2D eigenvalue weighted by molar-refractivity contribution is 0.198. The highest BCUT2D eigenvalue weighted by Crippen LogP contribution is 2.35. The molecule has 1 aliphatic rings. The first-order valence-electron chi connectivity index (χ1n) is 6.03. The predicted molar refractivity (Wildman–Crippen MR) is 74.9 cm³/mol. The van der Waals surface area contributed by atoms with Crippen LogP contribution >= 0.6 is 27.3 Å². The van der Waals surface area contributed by atoms with Crippen LogP contribution in [0.2, 0.25) is 0 Å². The summed E-state index contributed by atoms with van der Waals surface area (Å²) in [6.45, 7) is 5.81. The van der Waals surface area contributed by atoms with Crippen LogP contribution in [0, 0.1) is 5.41 Å². The lowest BCUT2D eigenvalue weighted by Crippen LogP contribution is -2.36. The molecule has 16 heavy (non-hydrogen) atoms. The summed E-state index contributed by atoms with van der Waals surface area (Å²) < 4.78 is 1.23. The number of rotatable bonds is 3. The molecule has 1 fully saturated rings. The van der Waals surface area contributed by atoms with Crippen molar-refractivity contribution in [3.05, 3.63) is 20.8 Å². The molecule has 1 nitrogen and oxygen atoms in total. The second kappa shape index (κ2) is 5.19. The van der Waals surface area contributed by atoms with Gasteiger partial charge in [0.1, 0.15) is 0 Å². The second-order valence-corrected chi connectivity index (χ2v) is 8.09. The first kappa shape index (κ1) is 12.6. The highest BCUT2D eigenvalue weighted by atomic mass is 79.9. The van der Waals surface area contributed by atoms with Crippen LogP contribution in [0.25, 0.3) is 0 Å². The first-order valence-corrected chi connectivity index (χ1v) is 7.64. The van der Waals surface area contributed by atoms with Crippen LogP contribution in [0.1, 0.15) is 44.4 Å². The molecule has 1 N–H and O–H groups in total. The van der Waals surface area contributed by atoms with Gasteiger partial charge in [0.05, 0.1) is 3.79 Å². The molecule has 3 heteroatoms. The monoisotopic (exact) mass is 301 g/mol. The highest BCUT2D eigenvalue weighted by Gasteiger charge is 2.27. The summed E-state index contributed by atoms with van der Waals surface area (Å²) in [5.74, 6) is 0. The lowest BCUT2D eigenvalue weighted by atomic mass is 9.75. The molecule has 0 bridgehead atoms. The average Bonchev–Trinajstić information content (AvgIpc) is 2.60. The van der Waals surface area contributed by atoms with Crippen molar-refractivity contribution in [3.63, 3.8) is 0 Å². The standard InChI is InChI=1S/C13H20BrNS/c1-13(2)7-3-4-10(8-13)15-9-11-5-6-12(14)16-11/h5-6,10,15H,3-4,7-9H2,1-2H3. The SMILES string of the molecule is CC1(C)CCCC(NCc2ccc(Br)s2)C1. The van der Waals surface area contributed by atoms with Gasteiger partial charge in [0.15, 0.2) is 0 Å². The van der Waals surface area contributed by atoms with Gasteiger partial charge in [-0.05, 0) is 52.7 Å². The molecule has 1 atom stereocenters. The van der Waals surface area contributed by atoms with Gasteiger partial charge in [0.25, 0.3) is 0 Å². The summed E-state index contributed by atoms with van der Waals surface area (Å²) >= 11 is 5.34. The summed E-state index contributed by atoms with van der Waals surface area (Å²) in [6, 6.07) is 5.05. The fraction of sp³-hybridized carbons (Fsp3) is 0.692. The van der Waals surface area contributed by atoms with Crippen molar-refractivity contribution in [1.82, 2.24) is 5.32 Å². The van der Waals surface area contributed by atoms with E-state index in [-0.39, 0.29) is 0 Å². The van der Waals surface area contributed by atoms with Gasteiger partial charge >= 0.3 is 0 Å². The van der Waals surface area contributed by atoms with E-state index in [9.17, 15) is 0 Å². The van der Waals surface area contributed by atoms with Gasteiger partial charge < -0.3 is 5.32 Å². The Balaban J connectivity index is 1.82. The van der Waals surface area contributed by atoms with E-state index in [1.54, 1.807) is 0 Å². The quantitative estimate of drug-likeness (QED) is 0.862. The van der Waals surface area contributed by atoms with Crippen LogP contribution in [-0.2, 0) is 6.54 Å². The molecule has 90 valence electrons. The van der Waals surface area contributed by atoms with E-state index >= 15 is 0 Å². The second-order valence-electron chi connectivity index (χ2n) is 5.54. The predicted octanol–water partition coefficient (Wildman–Crippen LogP) is 4.57. The van der Waals surface area contributed by atoms with Crippen molar-refractivity contribution in [3.8, 4) is 0 Å². The fourth-order valence-corrected chi connectivity index (χ4v) is 4.00. The topological polar surface area (TPSA) is 12.0 Å². The van der Waals surface area contributed by atoms with Gasteiger partial charge in [-0.2, -0.15) is 0 Å². The third kappa shape index (κ3) is 3.57. The zero-order chi connectivity index (χ0) is 11.6. The van der Waals surface area contributed by atoms with E-state index in [0.717, 1.165) is 6.54 Å². The Bertz CT molecular complexity index is 345. The Morgan fingerprint density at radius 2 is 2.31 bits per heavy atom. The minimum atomic E-state index is 0.534. The molecule has 0 aromatic carbocycles. The molecular weight excluding hydrogens is 282 g/mol. The van der Waals surface area contributed by atoms with Gasteiger partial charge in [-0.15, -0.1) is 11.3 Å². The Morgan fingerprint density at radius 1 is 1.50 bits per heavy atom. The summed E-state index contributed by atoms with van der Waals surface area (Å²) in [4.78, 5) is 1.43. The van der Waals surface area contributed by atoms with E-state index in [1.807, 2.05) is 11.3 Å². The largest absolute Gasteiger partial charge is 0.309 e. The van der Waals surface area contributed by atoms with Crippen LogP contribution in [-0.4, -0.2) is 6.04 Å². The van der Waals surface area contributed by atoms with Gasteiger partial charge in [0, 0.05) is 17.5 Å². The minimum Gasteiger partial charge on any atom is -0.309 e. The molecule has 1 saturated carbocycles. The van der Waals surface area contributed by atoms with E-state index in [0.29, 0.717) is 11.5 Å². The highest BCUT2D eigenvalue weighted by molar-refractivity contribution is 9.11. The minimum absolute atomic E-state index is 0.534. The number of thiophene rings is 1. The van der Waals surface area contributed by atoms with Gasteiger partial charge in [0.2, 0.25) is 0 Å². The molecule has 1 unspecified atom stereocenters. The van der Waals surface area contributed by atoms with E-state index in [4.69, 9.17) is 0 Å². The van der Waals surface area contributed by atoms with Crippen LogP contribution in [0.5, 0.6) is 0 Å². The summed E-state index contributed by atoms with van der Waals surface area (Å²) in [5.41, 5.74) is 0.534. The lowest BCUT2D eigenvalue weighted by Gasteiger charge is -2.35. The number of nitrogens with one attached hydrogen (secondary N) is 1. The zero-order valence-corrected chi connectivity index (χ0v) is 12.5. The molecule has 0 saturated heterocycles. The van der Waals surface area contributed by atoms with Crippen molar-refractivity contribution in [2.45, 2.75) is 52.1 Å². The maximum atomic E-state index is 3.70. The first-order chi connectivity index (χ1) is 7.55.